The minimum absolute atomic E-state index is 0.182. The van der Waals surface area contributed by atoms with Crippen LogP contribution in [0.1, 0.15) is 46.0 Å². The van der Waals surface area contributed by atoms with E-state index in [0.717, 1.165) is 44.9 Å². The smallest absolute Gasteiger partial charge is 0.239 e. The third-order valence-corrected chi connectivity index (χ3v) is 4.72. The average molecular weight is 253 g/mol. The van der Waals surface area contributed by atoms with Gasteiger partial charge in [0.25, 0.3) is 0 Å². The van der Waals surface area contributed by atoms with Crippen LogP contribution in [0, 0.1) is 0 Å². The Labute approximate surface area is 110 Å². The van der Waals surface area contributed by atoms with E-state index in [0.29, 0.717) is 6.04 Å². The van der Waals surface area contributed by atoms with Crippen molar-refractivity contribution in [3.8, 4) is 0 Å². The highest BCUT2D eigenvalue weighted by molar-refractivity contribution is 5.84. The van der Waals surface area contributed by atoms with Crippen LogP contribution in [0.5, 0.6) is 0 Å². The first-order valence-electron chi connectivity index (χ1n) is 7.47. The van der Waals surface area contributed by atoms with Gasteiger partial charge in [0.15, 0.2) is 0 Å². The molecule has 4 heteroatoms. The van der Waals surface area contributed by atoms with E-state index in [2.05, 4.69) is 18.7 Å². The molecule has 2 aliphatic rings. The molecule has 1 saturated heterocycles. The van der Waals surface area contributed by atoms with Crippen LogP contribution in [0.3, 0.4) is 0 Å². The van der Waals surface area contributed by atoms with Crippen molar-refractivity contribution in [2.45, 2.75) is 64.1 Å². The van der Waals surface area contributed by atoms with Crippen LogP contribution in [0.4, 0.5) is 0 Å². The van der Waals surface area contributed by atoms with Crippen LogP contribution in [0.2, 0.25) is 0 Å². The zero-order valence-corrected chi connectivity index (χ0v) is 11.8. The maximum absolute atomic E-state index is 11.9. The summed E-state index contributed by atoms with van der Waals surface area (Å²) < 4.78 is 0. The van der Waals surface area contributed by atoms with Gasteiger partial charge in [-0.15, -0.1) is 0 Å². The third-order valence-electron chi connectivity index (χ3n) is 4.72. The lowest BCUT2D eigenvalue weighted by molar-refractivity contribution is -0.131. The molecule has 1 atom stereocenters. The van der Waals surface area contributed by atoms with Gasteiger partial charge in [-0.3, -0.25) is 4.79 Å². The lowest BCUT2D eigenvalue weighted by atomic mass is 9.89. The molecule has 1 unspecified atom stereocenters. The average Bonchev–Trinajstić information content (AvgIpc) is 2.73. The Bertz CT molecular complexity index is 283. The lowest BCUT2D eigenvalue weighted by Gasteiger charge is -2.39. The van der Waals surface area contributed by atoms with Gasteiger partial charge in [-0.1, -0.05) is 13.8 Å². The Balaban J connectivity index is 1.85. The van der Waals surface area contributed by atoms with Gasteiger partial charge in [-0.25, -0.2) is 0 Å². The van der Waals surface area contributed by atoms with E-state index in [1.54, 1.807) is 0 Å². The summed E-state index contributed by atoms with van der Waals surface area (Å²) in [4.78, 5) is 16.5. The minimum Gasteiger partial charge on any atom is -0.338 e. The molecular formula is C14H27N3O. The van der Waals surface area contributed by atoms with Crippen LogP contribution in [0.25, 0.3) is 0 Å². The fourth-order valence-electron chi connectivity index (χ4n) is 3.56. The molecule has 0 aromatic heterocycles. The summed E-state index contributed by atoms with van der Waals surface area (Å²) in [6.45, 7) is 7.62. The molecule has 1 aliphatic carbocycles. The van der Waals surface area contributed by atoms with E-state index in [1.807, 2.05) is 4.90 Å². The largest absolute Gasteiger partial charge is 0.338 e. The Morgan fingerprint density at radius 2 is 1.78 bits per heavy atom. The highest BCUT2D eigenvalue weighted by Crippen LogP contribution is 2.28. The lowest BCUT2D eigenvalue weighted by Crippen LogP contribution is -2.46. The van der Waals surface area contributed by atoms with Crippen molar-refractivity contribution in [1.29, 1.82) is 0 Å². The van der Waals surface area contributed by atoms with E-state index in [-0.39, 0.29) is 11.9 Å². The summed E-state index contributed by atoms with van der Waals surface area (Å²) >= 11 is 0. The third kappa shape index (κ3) is 2.69. The standard InChI is InChI=1S/C14H27N3O/c1-3-16(4-2)11-5-7-12(8-6-11)17-10-9-13(15)14(17)18/h11-13H,3-10,15H2,1-2H3. The molecule has 2 fully saturated rings. The summed E-state index contributed by atoms with van der Waals surface area (Å²) in [5, 5.41) is 0. The fourth-order valence-corrected chi connectivity index (χ4v) is 3.56. The van der Waals surface area contributed by atoms with Crippen LogP contribution < -0.4 is 5.73 Å². The van der Waals surface area contributed by atoms with Gasteiger partial charge in [0.1, 0.15) is 0 Å². The first-order valence-corrected chi connectivity index (χ1v) is 7.47. The second-order valence-electron chi connectivity index (χ2n) is 5.61. The van der Waals surface area contributed by atoms with Crippen molar-refractivity contribution < 1.29 is 4.79 Å². The number of carbonyl (C=O) groups excluding carboxylic acids is 1. The zero-order valence-electron chi connectivity index (χ0n) is 11.8. The predicted molar refractivity (Wildman–Crippen MR) is 73.3 cm³/mol. The molecule has 0 spiro atoms. The normalized spacial score (nSPS) is 33.4. The van der Waals surface area contributed by atoms with Crippen LogP contribution in [0.15, 0.2) is 0 Å². The highest BCUT2D eigenvalue weighted by atomic mass is 16.2. The molecule has 0 aromatic carbocycles. The Morgan fingerprint density at radius 3 is 2.22 bits per heavy atom. The molecule has 4 nitrogen and oxygen atoms in total. The zero-order chi connectivity index (χ0) is 13.1. The number of carbonyl (C=O) groups is 1. The van der Waals surface area contributed by atoms with Crippen LogP contribution in [-0.2, 0) is 4.79 Å². The van der Waals surface area contributed by atoms with E-state index in [9.17, 15) is 4.79 Å². The number of hydrogen-bond donors (Lipinski definition) is 1. The van der Waals surface area contributed by atoms with Crippen molar-refractivity contribution in [2.75, 3.05) is 19.6 Å². The van der Waals surface area contributed by atoms with Crippen molar-refractivity contribution in [1.82, 2.24) is 9.80 Å². The molecular weight excluding hydrogens is 226 g/mol. The first-order chi connectivity index (χ1) is 8.67. The van der Waals surface area contributed by atoms with Gasteiger partial charge < -0.3 is 15.5 Å². The molecule has 104 valence electrons. The monoisotopic (exact) mass is 253 g/mol. The van der Waals surface area contributed by atoms with Crippen molar-refractivity contribution in [3.63, 3.8) is 0 Å². The number of nitrogens with two attached hydrogens (primary N) is 1. The highest BCUT2D eigenvalue weighted by Gasteiger charge is 2.36. The van der Waals surface area contributed by atoms with E-state index >= 15 is 0 Å². The van der Waals surface area contributed by atoms with Crippen molar-refractivity contribution in [2.24, 2.45) is 5.73 Å². The van der Waals surface area contributed by atoms with Crippen molar-refractivity contribution in [3.05, 3.63) is 0 Å². The number of likely N-dealkylation sites (tertiary alicyclic amines) is 1. The van der Waals surface area contributed by atoms with Gasteiger partial charge in [-0.05, 0) is 45.2 Å². The maximum atomic E-state index is 11.9. The molecule has 2 rings (SSSR count). The summed E-state index contributed by atoms with van der Waals surface area (Å²) in [6, 6.07) is 0.950. The van der Waals surface area contributed by atoms with Crippen molar-refractivity contribution >= 4 is 5.91 Å². The van der Waals surface area contributed by atoms with Crippen LogP contribution in [-0.4, -0.2) is 53.5 Å². The second-order valence-corrected chi connectivity index (χ2v) is 5.61. The summed E-state index contributed by atoms with van der Waals surface area (Å²) in [7, 11) is 0. The Kier molecular flexibility index (Phi) is 4.62. The fraction of sp³-hybridized carbons (Fsp3) is 0.929. The number of rotatable bonds is 4. The molecule has 18 heavy (non-hydrogen) atoms. The quantitative estimate of drug-likeness (QED) is 0.819. The minimum atomic E-state index is -0.231. The van der Waals surface area contributed by atoms with E-state index < -0.39 is 0 Å². The van der Waals surface area contributed by atoms with Gasteiger partial charge in [0.2, 0.25) is 5.91 Å². The molecule has 0 aromatic rings. The number of nitrogens with zero attached hydrogens (tertiary/aromatic N) is 2. The Hall–Kier alpha value is -0.610. The molecule has 0 radical (unpaired) electrons. The van der Waals surface area contributed by atoms with E-state index in [4.69, 9.17) is 5.73 Å². The predicted octanol–water partition coefficient (Wildman–Crippen LogP) is 1.20. The molecule has 1 aliphatic heterocycles. The Morgan fingerprint density at radius 1 is 1.17 bits per heavy atom. The first kappa shape index (κ1) is 13.8. The number of hydrogen-bond acceptors (Lipinski definition) is 3. The molecule has 1 amide bonds. The van der Waals surface area contributed by atoms with E-state index in [1.165, 1.54) is 12.8 Å². The second kappa shape index (κ2) is 6.02. The van der Waals surface area contributed by atoms with Gasteiger partial charge in [-0.2, -0.15) is 0 Å². The summed E-state index contributed by atoms with van der Waals surface area (Å²) in [6.07, 6.45) is 5.60. The molecule has 1 heterocycles. The topological polar surface area (TPSA) is 49.6 Å². The van der Waals surface area contributed by atoms with Crippen LogP contribution >= 0.6 is 0 Å². The SMILES string of the molecule is CCN(CC)C1CCC(N2CCC(N)C2=O)CC1. The maximum Gasteiger partial charge on any atom is 0.239 e. The number of amides is 1. The van der Waals surface area contributed by atoms with Gasteiger partial charge in [0.05, 0.1) is 6.04 Å². The molecule has 0 bridgehead atoms. The molecule has 1 saturated carbocycles. The van der Waals surface area contributed by atoms with Gasteiger partial charge in [0, 0.05) is 18.6 Å². The molecule has 2 N–H and O–H groups in total. The summed E-state index contributed by atoms with van der Waals surface area (Å²) in [5.41, 5.74) is 5.79. The van der Waals surface area contributed by atoms with Gasteiger partial charge >= 0.3 is 0 Å². The summed E-state index contributed by atoms with van der Waals surface area (Å²) in [5.74, 6) is 0.182.